The molecular formula is C20H17FN8S. The molecule has 0 unspecified atom stereocenters. The Labute approximate surface area is 175 Å². The number of nitrogens with zero attached hydrogens (tertiary/aromatic N) is 8. The van der Waals surface area contributed by atoms with E-state index in [-0.39, 0.29) is 5.69 Å². The van der Waals surface area contributed by atoms with Crippen LogP contribution >= 0.6 is 11.3 Å². The van der Waals surface area contributed by atoms with E-state index in [0.717, 1.165) is 34.8 Å². The average molecular weight is 420 g/mol. The summed E-state index contributed by atoms with van der Waals surface area (Å²) in [4.78, 5) is 22.1. The van der Waals surface area contributed by atoms with Gasteiger partial charge in [-0.2, -0.15) is 0 Å². The summed E-state index contributed by atoms with van der Waals surface area (Å²) in [6, 6.07) is 2.94. The van der Waals surface area contributed by atoms with Gasteiger partial charge in [-0.1, -0.05) is 13.3 Å². The molecule has 5 aromatic heterocycles. The molecule has 150 valence electrons. The van der Waals surface area contributed by atoms with Gasteiger partial charge in [0.1, 0.15) is 12.0 Å². The molecule has 0 saturated carbocycles. The predicted molar refractivity (Wildman–Crippen MR) is 110 cm³/mol. The summed E-state index contributed by atoms with van der Waals surface area (Å²) in [7, 11) is 0. The van der Waals surface area contributed by atoms with Crippen LogP contribution < -0.4 is 0 Å². The van der Waals surface area contributed by atoms with Gasteiger partial charge < -0.3 is 4.57 Å². The third kappa shape index (κ3) is 3.24. The summed E-state index contributed by atoms with van der Waals surface area (Å²) in [6.07, 6.45) is 10.1. The predicted octanol–water partition coefficient (Wildman–Crippen LogP) is 3.65. The molecule has 0 radical (unpaired) electrons. The van der Waals surface area contributed by atoms with Gasteiger partial charge in [-0.3, -0.25) is 0 Å². The standard InChI is InChI=1S/C20H17FN8S/c1-2-4-13-15(11-28-9-7-23-19(28)16-14(21)5-3-6-22-16)25-12-29-18(13)26-17(27-29)20-24-8-10-30-20/h3,5-10,12H,2,4,11H2,1H3. The lowest BCUT2D eigenvalue weighted by molar-refractivity contribution is 0.621. The van der Waals surface area contributed by atoms with Crippen LogP contribution in [0.5, 0.6) is 0 Å². The lowest BCUT2D eigenvalue weighted by Crippen LogP contribution is -2.10. The fourth-order valence-electron chi connectivity index (χ4n) is 3.37. The van der Waals surface area contributed by atoms with Crippen molar-refractivity contribution in [2.24, 2.45) is 0 Å². The monoisotopic (exact) mass is 420 g/mol. The van der Waals surface area contributed by atoms with Crippen molar-refractivity contribution in [3.63, 3.8) is 0 Å². The van der Waals surface area contributed by atoms with Crippen molar-refractivity contribution >= 4 is 17.0 Å². The molecule has 5 rings (SSSR count). The maximum atomic E-state index is 14.3. The van der Waals surface area contributed by atoms with E-state index in [9.17, 15) is 4.39 Å². The maximum Gasteiger partial charge on any atom is 0.211 e. The van der Waals surface area contributed by atoms with E-state index in [1.54, 1.807) is 41.7 Å². The zero-order valence-electron chi connectivity index (χ0n) is 16.1. The molecule has 5 aromatic rings. The van der Waals surface area contributed by atoms with Crippen LogP contribution in [0.25, 0.3) is 28.0 Å². The average Bonchev–Trinajstić information content (AvgIpc) is 3.50. The van der Waals surface area contributed by atoms with Crippen LogP contribution in [0, 0.1) is 5.82 Å². The number of imidazole rings is 1. The van der Waals surface area contributed by atoms with Crippen molar-refractivity contribution in [3.8, 4) is 22.4 Å². The largest absolute Gasteiger partial charge is 0.324 e. The summed E-state index contributed by atoms with van der Waals surface area (Å²) in [5, 5.41) is 7.19. The summed E-state index contributed by atoms with van der Waals surface area (Å²) in [5.41, 5.74) is 2.83. The molecule has 0 saturated heterocycles. The topological polar surface area (TPSA) is 86.7 Å². The van der Waals surface area contributed by atoms with Crippen molar-refractivity contribution < 1.29 is 4.39 Å². The zero-order chi connectivity index (χ0) is 20.5. The third-order valence-electron chi connectivity index (χ3n) is 4.70. The number of fused-ring (bicyclic) bond motifs is 1. The number of aromatic nitrogens is 8. The number of pyridine rings is 1. The smallest absolute Gasteiger partial charge is 0.211 e. The Hall–Kier alpha value is -3.53. The highest BCUT2D eigenvalue weighted by Crippen LogP contribution is 2.24. The van der Waals surface area contributed by atoms with E-state index in [4.69, 9.17) is 4.98 Å². The van der Waals surface area contributed by atoms with Crippen LogP contribution in [0.4, 0.5) is 4.39 Å². The Morgan fingerprint density at radius 2 is 2.03 bits per heavy atom. The van der Waals surface area contributed by atoms with Gasteiger partial charge in [-0.25, -0.2) is 33.8 Å². The quantitative estimate of drug-likeness (QED) is 0.417. The van der Waals surface area contributed by atoms with Crippen LogP contribution in [0.1, 0.15) is 24.6 Å². The Morgan fingerprint density at radius 3 is 2.83 bits per heavy atom. The molecule has 8 nitrogen and oxygen atoms in total. The van der Waals surface area contributed by atoms with E-state index in [1.807, 2.05) is 9.95 Å². The van der Waals surface area contributed by atoms with Gasteiger partial charge >= 0.3 is 0 Å². The lowest BCUT2D eigenvalue weighted by atomic mass is 10.1. The molecule has 0 aromatic carbocycles. The summed E-state index contributed by atoms with van der Waals surface area (Å²) in [5.74, 6) is 0.634. The molecule has 0 N–H and O–H groups in total. The fraction of sp³-hybridized carbons (Fsp3) is 0.200. The number of rotatable bonds is 6. The number of aryl methyl sites for hydroxylation is 1. The Morgan fingerprint density at radius 1 is 1.10 bits per heavy atom. The first-order chi connectivity index (χ1) is 14.7. The van der Waals surface area contributed by atoms with Crippen LogP contribution in [-0.2, 0) is 13.0 Å². The summed E-state index contributed by atoms with van der Waals surface area (Å²) >= 11 is 1.49. The second-order valence-corrected chi connectivity index (χ2v) is 7.57. The highest BCUT2D eigenvalue weighted by molar-refractivity contribution is 7.13. The zero-order valence-corrected chi connectivity index (χ0v) is 16.9. The van der Waals surface area contributed by atoms with E-state index in [0.29, 0.717) is 18.2 Å². The Kier molecular flexibility index (Phi) is 4.75. The second-order valence-electron chi connectivity index (χ2n) is 6.67. The number of halogens is 1. The molecule has 30 heavy (non-hydrogen) atoms. The summed E-state index contributed by atoms with van der Waals surface area (Å²) < 4.78 is 17.8. The highest BCUT2D eigenvalue weighted by Gasteiger charge is 2.18. The minimum atomic E-state index is -0.410. The van der Waals surface area contributed by atoms with Gasteiger partial charge in [0, 0.05) is 35.7 Å². The SMILES string of the molecule is CCCc1c(Cn2ccnc2-c2ncccc2F)ncn2nc(-c3nccs3)nc12. The highest BCUT2D eigenvalue weighted by atomic mass is 32.1. The minimum Gasteiger partial charge on any atom is -0.324 e. The van der Waals surface area contributed by atoms with Crippen molar-refractivity contribution in [1.29, 1.82) is 0 Å². The van der Waals surface area contributed by atoms with Crippen molar-refractivity contribution in [3.05, 3.63) is 65.7 Å². The number of thiazole rings is 1. The van der Waals surface area contributed by atoms with Crippen molar-refractivity contribution in [2.75, 3.05) is 0 Å². The van der Waals surface area contributed by atoms with E-state index in [1.165, 1.54) is 17.4 Å². The van der Waals surface area contributed by atoms with Gasteiger partial charge in [-0.05, 0) is 18.6 Å². The molecule has 0 atom stereocenters. The first kappa shape index (κ1) is 18.5. The van der Waals surface area contributed by atoms with E-state index >= 15 is 0 Å². The molecule has 10 heteroatoms. The van der Waals surface area contributed by atoms with Gasteiger partial charge in [0.25, 0.3) is 0 Å². The van der Waals surface area contributed by atoms with E-state index < -0.39 is 5.82 Å². The third-order valence-corrected chi connectivity index (χ3v) is 5.47. The summed E-state index contributed by atoms with van der Waals surface area (Å²) in [6.45, 7) is 2.54. The van der Waals surface area contributed by atoms with Gasteiger partial charge in [0.15, 0.2) is 22.3 Å². The maximum absolute atomic E-state index is 14.3. The normalized spacial score (nSPS) is 11.4. The minimum absolute atomic E-state index is 0.217. The molecule has 0 bridgehead atoms. The molecule has 0 aliphatic heterocycles. The van der Waals surface area contributed by atoms with Crippen molar-refractivity contribution in [1.82, 2.24) is 39.1 Å². The lowest BCUT2D eigenvalue weighted by Gasteiger charge is -2.11. The van der Waals surface area contributed by atoms with Crippen LogP contribution in [0.3, 0.4) is 0 Å². The first-order valence-electron chi connectivity index (χ1n) is 9.49. The van der Waals surface area contributed by atoms with Gasteiger partial charge in [-0.15, -0.1) is 16.4 Å². The van der Waals surface area contributed by atoms with Crippen LogP contribution in [-0.4, -0.2) is 39.1 Å². The second kappa shape index (κ2) is 7.71. The van der Waals surface area contributed by atoms with Crippen LogP contribution in [0.2, 0.25) is 0 Å². The van der Waals surface area contributed by atoms with Crippen molar-refractivity contribution in [2.45, 2.75) is 26.3 Å². The number of hydrogen-bond acceptors (Lipinski definition) is 7. The van der Waals surface area contributed by atoms with Gasteiger partial charge in [0.05, 0.1) is 12.2 Å². The number of hydrogen-bond donors (Lipinski definition) is 0. The Bertz CT molecular complexity index is 1310. The molecule has 0 spiro atoms. The van der Waals surface area contributed by atoms with Crippen LogP contribution in [0.15, 0.2) is 48.6 Å². The van der Waals surface area contributed by atoms with Gasteiger partial charge in [0.2, 0.25) is 5.82 Å². The van der Waals surface area contributed by atoms with E-state index in [2.05, 4.69) is 32.0 Å². The molecule has 5 heterocycles. The fourth-order valence-corrected chi connectivity index (χ4v) is 3.94. The molecule has 0 fully saturated rings. The molecule has 0 aliphatic rings. The first-order valence-corrected chi connectivity index (χ1v) is 10.4. The molecular weight excluding hydrogens is 403 g/mol. The molecule has 0 aliphatic carbocycles. The molecule has 0 amide bonds. The Balaban J connectivity index is 1.58.